The van der Waals surface area contributed by atoms with Gasteiger partial charge in [0.2, 0.25) is 0 Å². The summed E-state index contributed by atoms with van der Waals surface area (Å²) in [6.07, 6.45) is 4.00. The first kappa shape index (κ1) is 5.72. The minimum atomic E-state index is 0.654. The average Bonchev–Trinajstić information content (AvgIpc) is 2.43. The van der Waals surface area contributed by atoms with Gasteiger partial charge >= 0.3 is 0 Å². The molecule has 1 heterocycles. The van der Waals surface area contributed by atoms with E-state index in [1.165, 1.54) is 12.8 Å². The zero-order chi connectivity index (χ0) is 6.43. The molecule has 1 aliphatic carbocycles. The van der Waals surface area contributed by atoms with E-state index in [0.717, 1.165) is 11.8 Å². The number of hydrogen-bond donors (Lipinski definition) is 0. The van der Waals surface area contributed by atoms with E-state index < -0.39 is 0 Å². The van der Waals surface area contributed by atoms with Crippen molar-refractivity contribution in [2.75, 3.05) is 0 Å². The molecule has 0 aromatic rings. The lowest BCUT2D eigenvalue weighted by Gasteiger charge is -2.18. The maximum absolute atomic E-state index is 5.46. The molecule has 0 spiro atoms. The van der Waals surface area contributed by atoms with Crippen molar-refractivity contribution in [3.05, 3.63) is 0 Å². The quantitative estimate of drug-likeness (QED) is 0.451. The number of hydrogen-bond acceptors (Lipinski definition) is 1. The van der Waals surface area contributed by atoms with E-state index in [0.29, 0.717) is 12.2 Å². The third-order valence-corrected chi connectivity index (χ3v) is 2.59. The van der Waals surface area contributed by atoms with Gasteiger partial charge in [-0.05, 0) is 24.7 Å². The van der Waals surface area contributed by atoms with Crippen LogP contribution in [0.25, 0.3) is 0 Å². The Hall–Kier alpha value is -0.0400. The van der Waals surface area contributed by atoms with Crippen molar-refractivity contribution >= 4 is 0 Å². The fourth-order valence-corrected chi connectivity index (χ4v) is 2.11. The van der Waals surface area contributed by atoms with Crippen LogP contribution in [-0.2, 0) is 4.74 Å². The smallest absolute Gasteiger partial charge is 0.0867 e. The molecule has 0 N–H and O–H groups in total. The predicted octanol–water partition coefficient (Wildman–Crippen LogP) is 1.82. The summed E-state index contributed by atoms with van der Waals surface area (Å²) in [7, 11) is 0. The van der Waals surface area contributed by atoms with Gasteiger partial charge in [-0.15, -0.1) is 0 Å². The van der Waals surface area contributed by atoms with Crippen molar-refractivity contribution in [2.24, 2.45) is 11.8 Å². The number of ether oxygens (including phenoxy) is 1. The molecular weight excluding hydrogens is 112 g/mol. The molecule has 1 saturated carbocycles. The molecule has 9 heavy (non-hydrogen) atoms. The molecule has 2 rings (SSSR count). The molecule has 1 nitrogen and oxygen atoms in total. The van der Waals surface area contributed by atoms with Crippen molar-refractivity contribution < 1.29 is 4.74 Å². The maximum Gasteiger partial charge on any atom is 0.0867 e. The minimum Gasteiger partial charge on any atom is -0.369 e. The lowest BCUT2D eigenvalue weighted by Crippen LogP contribution is -2.18. The number of epoxide rings is 1. The van der Waals surface area contributed by atoms with Crippen LogP contribution in [0.3, 0.4) is 0 Å². The summed E-state index contributed by atoms with van der Waals surface area (Å²) in [6.45, 7) is 4.63. The van der Waals surface area contributed by atoms with Crippen LogP contribution in [0.1, 0.15) is 26.7 Å². The molecule has 0 amide bonds. The molecule has 4 atom stereocenters. The fourth-order valence-electron chi connectivity index (χ4n) is 2.11. The molecule has 0 aromatic carbocycles. The highest BCUT2D eigenvalue weighted by Crippen LogP contribution is 2.42. The second-order valence-corrected chi connectivity index (χ2v) is 3.69. The second-order valence-electron chi connectivity index (χ2n) is 3.69. The maximum atomic E-state index is 5.46. The Morgan fingerprint density at radius 3 is 2.67 bits per heavy atom. The SMILES string of the molecule is CC1CC(C)C2OC2C1. The largest absolute Gasteiger partial charge is 0.369 e. The molecule has 2 aliphatic rings. The first-order valence-electron chi connectivity index (χ1n) is 3.93. The van der Waals surface area contributed by atoms with E-state index in [-0.39, 0.29) is 0 Å². The second kappa shape index (κ2) is 1.72. The van der Waals surface area contributed by atoms with E-state index in [1.807, 2.05) is 0 Å². The Labute approximate surface area is 56.4 Å². The molecule has 0 bridgehead atoms. The van der Waals surface area contributed by atoms with Gasteiger partial charge in [0.15, 0.2) is 0 Å². The van der Waals surface area contributed by atoms with Crippen molar-refractivity contribution in [2.45, 2.75) is 38.9 Å². The van der Waals surface area contributed by atoms with E-state index in [9.17, 15) is 0 Å². The van der Waals surface area contributed by atoms with Crippen molar-refractivity contribution in [1.29, 1.82) is 0 Å². The van der Waals surface area contributed by atoms with Crippen molar-refractivity contribution in [1.82, 2.24) is 0 Å². The van der Waals surface area contributed by atoms with Gasteiger partial charge in [-0.25, -0.2) is 0 Å². The third-order valence-electron chi connectivity index (χ3n) is 2.59. The summed E-state index contributed by atoms with van der Waals surface area (Å²) in [5.41, 5.74) is 0. The monoisotopic (exact) mass is 126 g/mol. The zero-order valence-electron chi connectivity index (χ0n) is 6.13. The highest BCUT2D eigenvalue weighted by Gasteiger charge is 2.47. The first-order chi connectivity index (χ1) is 4.27. The molecule has 0 radical (unpaired) electrons. The molecular formula is C8H14O. The standard InChI is InChI=1S/C8H14O/c1-5-3-6(2)8-7(4-5)9-8/h5-8H,3-4H2,1-2H3. The molecule has 4 unspecified atom stereocenters. The van der Waals surface area contributed by atoms with Gasteiger partial charge in [-0.2, -0.15) is 0 Å². The van der Waals surface area contributed by atoms with Crippen LogP contribution in [0.2, 0.25) is 0 Å². The van der Waals surface area contributed by atoms with Crippen LogP contribution in [0.5, 0.6) is 0 Å². The van der Waals surface area contributed by atoms with Crippen LogP contribution in [-0.4, -0.2) is 12.2 Å². The third kappa shape index (κ3) is 0.877. The van der Waals surface area contributed by atoms with Crippen LogP contribution in [0, 0.1) is 11.8 Å². The minimum absolute atomic E-state index is 0.654. The van der Waals surface area contributed by atoms with E-state index in [1.54, 1.807) is 0 Å². The molecule has 1 heteroatoms. The first-order valence-corrected chi connectivity index (χ1v) is 3.93. The van der Waals surface area contributed by atoms with Gasteiger partial charge in [0.25, 0.3) is 0 Å². The average molecular weight is 126 g/mol. The molecule has 0 aromatic heterocycles. The van der Waals surface area contributed by atoms with Gasteiger partial charge in [-0.1, -0.05) is 13.8 Å². The lowest BCUT2D eigenvalue weighted by atomic mass is 9.84. The van der Waals surface area contributed by atoms with Crippen LogP contribution < -0.4 is 0 Å². The Morgan fingerprint density at radius 2 is 2.00 bits per heavy atom. The van der Waals surface area contributed by atoms with Crippen molar-refractivity contribution in [3.63, 3.8) is 0 Å². The van der Waals surface area contributed by atoms with Crippen LogP contribution in [0.15, 0.2) is 0 Å². The van der Waals surface area contributed by atoms with Gasteiger partial charge in [0.05, 0.1) is 12.2 Å². The Morgan fingerprint density at radius 1 is 1.22 bits per heavy atom. The number of rotatable bonds is 0. The zero-order valence-corrected chi connectivity index (χ0v) is 6.13. The predicted molar refractivity (Wildman–Crippen MR) is 36.2 cm³/mol. The van der Waals surface area contributed by atoms with Crippen LogP contribution >= 0.6 is 0 Å². The van der Waals surface area contributed by atoms with E-state index in [4.69, 9.17) is 4.74 Å². The summed E-state index contributed by atoms with van der Waals surface area (Å²) in [5.74, 6) is 1.74. The topological polar surface area (TPSA) is 12.5 Å². The summed E-state index contributed by atoms with van der Waals surface area (Å²) < 4.78 is 5.46. The fraction of sp³-hybridized carbons (Fsp3) is 1.00. The van der Waals surface area contributed by atoms with Gasteiger partial charge in [0.1, 0.15) is 0 Å². The highest BCUT2D eigenvalue weighted by atomic mass is 16.6. The summed E-state index contributed by atoms with van der Waals surface area (Å²) in [4.78, 5) is 0. The molecule has 1 saturated heterocycles. The Kier molecular flexibility index (Phi) is 1.10. The summed E-state index contributed by atoms with van der Waals surface area (Å²) in [6, 6.07) is 0. The summed E-state index contributed by atoms with van der Waals surface area (Å²) in [5, 5.41) is 0. The normalized spacial score (nSPS) is 56.7. The van der Waals surface area contributed by atoms with Crippen molar-refractivity contribution in [3.8, 4) is 0 Å². The van der Waals surface area contributed by atoms with E-state index >= 15 is 0 Å². The van der Waals surface area contributed by atoms with Gasteiger partial charge < -0.3 is 4.74 Å². The van der Waals surface area contributed by atoms with E-state index in [2.05, 4.69) is 13.8 Å². The Bertz CT molecular complexity index is 122. The van der Waals surface area contributed by atoms with Gasteiger partial charge in [0, 0.05) is 0 Å². The van der Waals surface area contributed by atoms with Crippen LogP contribution in [0.4, 0.5) is 0 Å². The molecule has 2 fully saturated rings. The number of fused-ring (bicyclic) bond motifs is 1. The molecule has 52 valence electrons. The summed E-state index contributed by atoms with van der Waals surface area (Å²) >= 11 is 0. The Balaban J connectivity index is 1.99. The molecule has 1 aliphatic heterocycles. The highest BCUT2D eigenvalue weighted by molar-refractivity contribution is 4.94. The lowest BCUT2D eigenvalue weighted by molar-refractivity contribution is 0.322. The van der Waals surface area contributed by atoms with Gasteiger partial charge in [-0.3, -0.25) is 0 Å².